The molecule has 0 saturated heterocycles. The first-order chi connectivity index (χ1) is 14.1. The van der Waals surface area contributed by atoms with Crippen LogP contribution in [-0.2, 0) is 4.79 Å². The van der Waals surface area contributed by atoms with Crippen LogP contribution in [0, 0.1) is 32.8 Å². The largest absolute Gasteiger partial charge is 0.361 e. The van der Waals surface area contributed by atoms with Crippen molar-refractivity contribution in [3.05, 3.63) is 75.9 Å². The number of rotatable bonds is 4. The molecule has 0 saturated carbocycles. The van der Waals surface area contributed by atoms with Crippen molar-refractivity contribution in [2.75, 3.05) is 16.3 Å². The fraction of sp³-hybridized carbons (Fsp3) is 0.190. The van der Waals surface area contributed by atoms with E-state index in [0.29, 0.717) is 18.7 Å². The van der Waals surface area contributed by atoms with Gasteiger partial charge in [0.05, 0.1) is 29.5 Å². The molecule has 8 heteroatoms. The van der Waals surface area contributed by atoms with Gasteiger partial charge in [-0.3, -0.25) is 19.8 Å². The molecule has 4 rings (SSSR count). The lowest BCUT2D eigenvalue weighted by Gasteiger charge is -2.38. The molecule has 2 aliphatic rings. The number of amides is 1. The first-order valence-electron chi connectivity index (χ1n) is 8.99. The molecule has 0 N–H and O–H groups in total. The Morgan fingerprint density at radius 1 is 1.10 bits per heavy atom. The lowest BCUT2D eigenvalue weighted by molar-refractivity contribution is -0.384. The van der Waals surface area contributed by atoms with Crippen LogP contribution in [0.15, 0.2) is 60.2 Å². The Morgan fingerprint density at radius 3 is 2.48 bits per heavy atom. The van der Waals surface area contributed by atoms with Crippen molar-refractivity contribution in [2.45, 2.75) is 18.5 Å². The molecule has 2 aromatic carbocycles. The standard InChI is InChI=1S/C21H15N5O3/c22-10-3-11-24-18-5-2-1-4-17(18)20-19(24)12-14(13-23)21(27)25(20)15-6-8-16(9-7-15)26(28)29/h1-2,4-9,12,19-20H,3,11H2. The summed E-state index contributed by atoms with van der Waals surface area (Å²) in [5, 5.41) is 29.5. The second kappa shape index (κ2) is 7.10. The van der Waals surface area contributed by atoms with E-state index in [0.717, 1.165) is 11.3 Å². The Kier molecular flexibility index (Phi) is 4.46. The number of nitro groups is 1. The molecule has 0 fully saturated rings. The number of benzene rings is 2. The average Bonchev–Trinajstić information content (AvgIpc) is 3.05. The van der Waals surface area contributed by atoms with E-state index in [1.54, 1.807) is 6.08 Å². The third-order valence-corrected chi connectivity index (χ3v) is 5.24. The van der Waals surface area contributed by atoms with E-state index in [1.807, 2.05) is 35.2 Å². The molecule has 0 radical (unpaired) electrons. The minimum atomic E-state index is -0.500. The lowest BCUT2D eigenvalue weighted by Crippen LogP contribution is -2.48. The average molecular weight is 385 g/mol. The van der Waals surface area contributed by atoms with E-state index >= 15 is 0 Å². The van der Waals surface area contributed by atoms with E-state index < -0.39 is 16.9 Å². The van der Waals surface area contributed by atoms with Crippen molar-refractivity contribution in [3.63, 3.8) is 0 Å². The van der Waals surface area contributed by atoms with Gasteiger partial charge >= 0.3 is 0 Å². The summed E-state index contributed by atoms with van der Waals surface area (Å²) in [7, 11) is 0. The van der Waals surface area contributed by atoms with Gasteiger partial charge in [-0.25, -0.2) is 0 Å². The first kappa shape index (κ1) is 18.2. The van der Waals surface area contributed by atoms with Gasteiger partial charge in [-0.15, -0.1) is 0 Å². The smallest absolute Gasteiger partial charge is 0.269 e. The third kappa shape index (κ3) is 2.88. The predicted octanol–water partition coefficient (Wildman–Crippen LogP) is 3.23. The van der Waals surface area contributed by atoms with Gasteiger partial charge in [-0.1, -0.05) is 18.2 Å². The highest BCUT2D eigenvalue weighted by atomic mass is 16.6. The number of non-ortho nitro benzene ring substituents is 1. The molecule has 1 amide bonds. The summed E-state index contributed by atoms with van der Waals surface area (Å²) in [5.74, 6) is -0.445. The number of anilines is 2. The molecule has 2 unspecified atom stereocenters. The molecule has 2 aromatic rings. The van der Waals surface area contributed by atoms with Crippen LogP contribution < -0.4 is 9.80 Å². The fourth-order valence-electron chi connectivity index (χ4n) is 4.02. The van der Waals surface area contributed by atoms with Crippen molar-refractivity contribution in [1.82, 2.24) is 0 Å². The van der Waals surface area contributed by atoms with Crippen molar-refractivity contribution in [3.8, 4) is 12.1 Å². The molecule has 29 heavy (non-hydrogen) atoms. The molecule has 0 aromatic heterocycles. The molecule has 0 aliphatic carbocycles. The highest BCUT2D eigenvalue weighted by molar-refractivity contribution is 6.10. The Balaban J connectivity index is 1.86. The molecule has 2 heterocycles. The lowest BCUT2D eigenvalue weighted by atomic mass is 9.93. The van der Waals surface area contributed by atoms with Crippen LogP contribution in [0.4, 0.5) is 17.1 Å². The summed E-state index contributed by atoms with van der Waals surface area (Å²) >= 11 is 0. The number of hydrogen-bond donors (Lipinski definition) is 0. The van der Waals surface area contributed by atoms with Crippen LogP contribution in [0.25, 0.3) is 0 Å². The minimum Gasteiger partial charge on any atom is -0.361 e. The van der Waals surface area contributed by atoms with Gasteiger partial charge in [0.25, 0.3) is 11.6 Å². The van der Waals surface area contributed by atoms with Crippen molar-refractivity contribution >= 4 is 23.0 Å². The van der Waals surface area contributed by atoms with Gasteiger partial charge in [0, 0.05) is 35.6 Å². The molecule has 0 spiro atoms. The predicted molar refractivity (Wildman–Crippen MR) is 105 cm³/mol. The van der Waals surface area contributed by atoms with E-state index in [2.05, 4.69) is 6.07 Å². The number of para-hydroxylation sites is 1. The number of nitro benzene ring substituents is 1. The maximum Gasteiger partial charge on any atom is 0.269 e. The zero-order valence-electron chi connectivity index (χ0n) is 15.2. The van der Waals surface area contributed by atoms with Crippen molar-refractivity contribution in [2.24, 2.45) is 0 Å². The topological polar surface area (TPSA) is 114 Å². The second-order valence-corrected chi connectivity index (χ2v) is 6.74. The number of nitrogens with zero attached hydrogens (tertiary/aromatic N) is 5. The summed E-state index contributed by atoms with van der Waals surface area (Å²) in [6, 6.07) is 16.8. The number of fused-ring (bicyclic) bond motifs is 3. The zero-order chi connectivity index (χ0) is 20.5. The van der Waals surface area contributed by atoms with Crippen molar-refractivity contribution < 1.29 is 9.72 Å². The zero-order valence-corrected chi connectivity index (χ0v) is 15.2. The van der Waals surface area contributed by atoms with Crippen LogP contribution in [-0.4, -0.2) is 23.4 Å². The molecule has 8 nitrogen and oxygen atoms in total. The normalized spacial score (nSPS) is 19.7. The Hall–Kier alpha value is -4.17. The Morgan fingerprint density at radius 2 is 1.83 bits per heavy atom. The summed E-state index contributed by atoms with van der Waals surface area (Å²) in [6.07, 6.45) is 1.96. The van der Waals surface area contributed by atoms with Gasteiger partial charge in [0.2, 0.25) is 0 Å². The van der Waals surface area contributed by atoms with Crippen LogP contribution in [0.1, 0.15) is 18.0 Å². The number of hydrogen-bond acceptors (Lipinski definition) is 6. The molecule has 0 bridgehead atoms. The van der Waals surface area contributed by atoms with Crippen LogP contribution in [0.5, 0.6) is 0 Å². The molecular formula is C21H15N5O3. The molecule has 142 valence electrons. The van der Waals surface area contributed by atoms with Crippen molar-refractivity contribution in [1.29, 1.82) is 10.5 Å². The molecule has 2 aliphatic heterocycles. The van der Waals surface area contributed by atoms with Crippen LogP contribution in [0.2, 0.25) is 0 Å². The highest BCUT2D eigenvalue weighted by Gasteiger charge is 2.46. The van der Waals surface area contributed by atoms with Gasteiger partial charge in [-0.05, 0) is 24.3 Å². The van der Waals surface area contributed by atoms with Gasteiger partial charge < -0.3 is 4.90 Å². The SMILES string of the molecule is N#CCCN1c2ccccc2C2C1C=C(C#N)C(=O)N2c1ccc([N+](=O)[O-])cc1. The number of carbonyl (C=O) groups excluding carboxylic acids is 1. The summed E-state index contributed by atoms with van der Waals surface area (Å²) < 4.78 is 0. The van der Waals surface area contributed by atoms with Gasteiger partial charge in [0.15, 0.2) is 0 Å². The van der Waals surface area contributed by atoms with E-state index in [-0.39, 0.29) is 17.3 Å². The summed E-state index contributed by atoms with van der Waals surface area (Å²) in [6.45, 7) is 0.464. The number of carbonyl (C=O) groups is 1. The second-order valence-electron chi connectivity index (χ2n) is 6.74. The quantitative estimate of drug-likeness (QED) is 0.589. The van der Waals surface area contributed by atoms with Crippen LogP contribution >= 0.6 is 0 Å². The van der Waals surface area contributed by atoms with E-state index in [4.69, 9.17) is 5.26 Å². The Labute approximate surface area is 166 Å². The first-order valence-corrected chi connectivity index (χ1v) is 8.99. The Bertz CT molecular complexity index is 1110. The van der Waals surface area contributed by atoms with E-state index in [9.17, 15) is 20.2 Å². The fourth-order valence-corrected chi connectivity index (χ4v) is 4.02. The van der Waals surface area contributed by atoms with Crippen LogP contribution in [0.3, 0.4) is 0 Å². The summed E-state index contributed by atoms with van der Waals surface area (Å²) in [4.78, 5) is 27.1. The van der Waals surface area contributed by atoms with Gasteiger partial charge in [-0.2, -0.15) is 10.5 Å². The minimum absolute atomic E-state index is 0.0133. The maximum absolute atomic E-state index is 13.1. The third-order valence-electron chi connectivity index (χ3n) is 5.24. The highest BCUT2D eigenvalue weighted by Crippen LogP contribution is 2.47. The summed E-state index contributed by atoms with van der Waals surface area (Å²) in [5.41, 5.74) is 2.24. The number of nitriles is 2. The maximum atomic E-state index is 13.1. The monoisotopic (exact) mass is 385 g/mol. The molecule has 2 atom stereocenters. The molecular weight excluding hydrogens is 370 g/mol. The van der Waals surface area contributed by atoms with E-state index in [1.165, 1.54) is 29.2 Å². The van der Waals surface area contributed by atoms with Gasteiger partial charge in [0.1, 0.15) is 11.6 Å².